The molecule has 3 nitrogen and oxygen atoms in total. The van der Waals surface area contributed by atoms with Crippen LogP contribution in [0.5, 0.6) is 0 Å². The molecule has 0 unspecified atom stereocenters. The summed E-state index contributed by atoms with van der Waals surface area (Å²) in [6.45, 7) is 6.21. The second kappa shape index (κ2) is 5.60. The monoisotopic (exact) mass is 193 g/mol. The van der Waals surface area contributed by atoms with Gasteiger partial charge in [0.05, 0.1) is 5.69 Å². The summed E-state index contributed by atoms with van der Waals surface area (Å²) in [5, 5.41) is 7.59. The van der Waals surface area contributed by atoms with E-state index in [1.165, 1.54) is 12.0 Å². The Bertz CT molecular complexity index is 299. The third-order valence-corrected chi connectivity index (χ3v) is 2.04. The Morgan fingerprint density at radius 2 is 2.36 bits per heavy atom. The zero-order valence-corrected chi connectivity index (χ0v) is 9.25. The molecule has 0 saturated carbocycles. The van der Waals surface area contributed by atoms with Gasteiger partial charge in [-0.2, -0.15) is 5.10 Å². The molecule has 0 aromatic carbocycles. The van der Waals surface area contributed by atoms with E-state index in [1.54, 1.807) is 0 Å². The molecule has 78 valence electrons. The Morgan fingerprint density at radius 1 is 1.57 bits per heavy atom. The van der Waals surface area contributed by atoms with Gasteiger partial charge < -0.3 is 5.32 Å². The summed E-state index contributed by atoms with van der Waals surface area (Å²) in [5.41, 5.74) is 2.28. The van der Waals surface area contributed by atoms with Gasteiger partial charge in [0.1, 0.15) is 0 Å². The maximum atomic E-state index is 4.27. The molecule has 0 bridgehead atoms. The number of aromatic nitrogens is 2. The van der Waals surface area contributed by atoms with Crippen molar-refractivity contribution in [1.82, 2.24) is 15.1 Å². The fourth-order valence-electron chi connectivity index (χ4n) is 1.33. The quantitative estimate of drug-likeness (QED) is 0.722. The molecule has 1 rings (SSSR count). The molecule has 1 aromatic rings. The third-order valence-electron chi connectivity index (χ3n) is 2.04. The second-order valence-corrected chi connectivity index (χ2v) is 3.45. The van der Waals surface area contributed by atoms with E-state index in [0.29, 0.717) is 0 Å². The maximum Gasteiger partial charge on any atom is 0.0665 e. The van der Waals surface area contributed by atoms with E-state index in [4.69, 9.17) is 0 Å². The number of rotatable bonds is 5. The van der Waals surface area contributed by atoms with Crippen molar-refractivity contribution in [2.24, 2.45) is 7.05 Å². The van der Waals surface area contributed by atoms with Gasteiger partial charge in [-0.1, -0.05) is 19.1 Å². The van der Waals surface area contributed by atoms with Crippen LogP contribution in [0.4, 0.5) is 0 Å². The summed E-state index contributed by atoms with van der Waals surface area (Å²) < 4.78 is 1.84. The lowest BCUT2D eigenvalue weighted by atomic mass is 10.2. The first-order valence-electron chi connectivity index (χ1n) is 5.11. The number of hydrogen-bond donors (Lipinski definition) is 1. The highest BCUT2D eigenvalue weighted by Gasteiger charge is 1.96. The lowest BCUT2D eigenvalue weighted by Crippen LogP contribution is -2.13. The van der Waals surface area contributed by atoms with Crippen molar-refractivity contribution in [3.8, 4) is 0 Å². The third kappa shape index (κ3) is 3.34. The van der Waals surface area contributed by atoms with Crippen molar-refractivity contribution >= 4 is 6.08 Å². The Hall–Kier alpha value is -1.09. The summed E-state index contributed by atoms with van der Waals surface area (Å²) in [7, 11) is 1.94. The van der Waals surface area contributed by atoms with Crippen LogP contribution >= 0.6 is 0 Å². The minimum Gasteiger partial charge on any atom is -0.313 e. The van der Waals surface area contributed by atoms with Crippen LogP contribution in [0.15, 0.2) is 12.3 Å². The molecular formula is C11H19N3. The lowest BCUT2D eigenvalue weighted by Gasteiger charge is -1.95. The molecule has 0 aliphatic heterocycles. The van der Waals surface area contributed by atoms with E-state index in [0.717, 1.165) is 18.8 Å². The fraction of sp³-hybridized carbons (Fsp3) is 0.545. The summed E-state index contributed by atoms with van der Waals surface area (Å²) in [6.07, 6.45) is 7.47. The highest BCUT2D eigenvalue weighted by Crippen LogP contribution is 2.05. The summed E-state index contributed by atoms with van der Waals surface area (Å²) in [5.74, 6) is 0. The molecule has 0 saturated heterocycles. The topological polar surface area (TPSA) is 29.9 Å². The van der Waals surface area contributed by atoms with Gasteiger partial charge in [-0.15, -0.1) is 0 Å². The van der Waals surface area contributed by atoms with E-state index < -0.39 is 0 Å². The van der Waals surface area contributed by atoms with Gasteiger partial charge in [-0.3, -0.25) is 4.68 Å². The number of aryl methyl sites for hydroxylation is 2. The first-order valence-corrected chi connectivity index (χ1v) is 5.11. The molecule has 1 aromatic heterocycles. The van der Waals surface area contributed by atoms with Gasteiger partial charge in [-0.25, -0.2) is 0 Å². The molecule has 14 heavy (non-hydrogen) atoms. The minimum atomic E-state index is 0.933. The first kappa shape index (κ1) is 11.0. The normalized spacial score (nSPS) is 11.4. The summed E-state index contributed by atoms with van der Waals surface area (Å²) in [6, 6.07) is 0. The van der Waals surface area contributed by atoms with Crippen molar-refractivity contribution in [2.45, 2.75) is 20.3 Å². The van der Waals surface area contributed by atoms with Gasteiger partial charge >= 0.3 is 0 Å². The Balaban J connectivity index is 2.39. The molecule has 0 fully saturated rings. The van der Waals surface area contributed by atoms with Crippen molar-refractivity contribution in [3.63, 3.8) is 0 Å². The zero-order chi connectivity index (χ0) is 10.4. The van der Waals surface area contributed by atoms with Crippen LogP contribution in [0.2, 0.25) is 0 Å². The van der Waals surface area contributed by atoms with E-state index in [2.05, 4.69) is 29.5 Å². The van der Waals surface area contributed by atoms with Crippen LogP contribution in [-0.4, -0.2) is 22.9 Å². The molecular weight excluding hydrogens is 174 g/mol. The molecule has 0 amide bonds. The van der Waals surface area contributed by atoms with Crippen molar-refractivity contribution in [2.75, 3.05) is 13.1 Å². The van der Waals surface area contributed by atoms with Crippen LogP contribution in [0, 0.1) is 6.92 Å². The smallest absolute Gasteiger partial charge is 0.0665 e. The molecule has 0 spiro atoms. The molecule has 1 N–H and O–H groups in total. The minimum absolute atomic E-state index is 0.933. The summed E-state index contributed by atoms with van der Waals surface area (Å²) >= 11 is 0. The van der Waals surface area contributed by atoms with E-state index in [1.807, 2.05) is 24.9 Å². The lowest BCUT2D eigenvalue weighted by molar-refractivity contribution is 0.730. The highest BCUT2D eigenvalue weighted by molar-refractivity contribution is 5.50. The summed E-state index contributed by atoms with van der Waals surface area (Å²) in [4.78, 5) is 0. The van der Waals surface area contributed by atoms with Gasteiger partial charge in [0.2, 0.25) is 0 Å². The first-order chi connectivity index (χ1) is 6.74. The Morgan fingerprint density at radius 3 is 2.93 bits per heavy atom. The SMILES string of the molecule is CCCNC/C=C/c1cn(C)nc1C. The van der Waals surface area contributed by atoms with Crippen LogP contribution in [0.1, 0.15) is 24.6 Å². The average molecular weight is 193 g/mol. The Labute approximate surface area is 85.8 Å². The predicted octanol–water partition coefficient (Wildman–Crippen LogP) is 1.74. The van der Waals surface area contributed by atoms with Gasteiger partial charge in [0.25, 0.3) is 0 Å². The Kier molecular flexibility index (Phi) is 4.40. The predicted molar refractivity (Wildman–Crippen MR) is 60.1 cm³/mol. The molecule has 0 radical (unpaired) electrons. The molecule has 3 heteroatoms. The van der Waals surface area contributed by atoms with Crippen LogP contribution in [0.25, 0.3) is 6.08 Å². The van der Waals surface area contributed by atoms with Gasteiger partial charge in [0, 0.05) is 25.4 Å². The standard InChI is InChI=1S/C11H19N3/c1-4-7-12-8-5-6-11-9-14(3)13-10(11)2/h5-6,9,12H,4,7-8H2,1-3H3/b6-5+. The van der Waals surface area contributed by atoms with E-state index in [-0.39, 0.29) is 0 Å². The van der Waals surface area contributed by atoms with Gasteiger partial charge in [-0.05, 0) is 19.9 Å². The second-order valence-electron chi connectivity index (χ2n) is 3.45. The van der Waals surface area contributed by atoms with E-state index >= 15 is 0 Å². The van der Waals surface area contributed by atoms with Crippen molar-refractivity contribution in [3.05, 3.63) is 23.5 Å². The largest absolute Gasteiger partial charge is 0.313 e. The van der Waals surface area contributed by atoms with Crippen LogP contribution < -0.4 is 5.32 Å². The molecule has 1 heterocycles. The van der Waals surface area contributed by atoms with Crippen molar-refractivity contribution < 1.29 is 0 Å². The fourth-order valence-corrected chi connectivity index (χ4v) is 1.33. The van der Waals surface area contributed by atoms with Crippen LogP contribution in [0.3, 0.4) is 0 Å². The van der Waals surface area contributed by atoms with Crippen LogP contribution in [-0.2, 0) is 7.05 Å². The molecule has 0 aliphatic rings. The number of nitrogens with one attached hydrogen (secondary N) is 1. The maximum absolute atomic E-state index is 4.27. The number of nitrogens with zero attached hydrogens (tertiary/aromatic N) is 2. The average Bonchev–Trinajstić information content (AvgIpc) is 2.45. The highest BCUT2D eigenvalue weighted by atomic mass is 15.2. The molecule has 0 atom stereocenters. The molecule has 0 aliphatic carbocycles. The zero-order valence-electron chi connectivity index (χ0n) is 9.25. The van der Waals surface area contributed by atoms with E-state index in [9.17, 15) is 0 Å². The number of hydrogen-bond acceptors (Lipinski definition) is 2. The van der Waals surface area contributed by atoms with Gasteiger partial charge in [0.15, 0.2) is 0 Å². The van der Waals surface area contributed by atoms with Crippen molar-refractivity contribution in [1.29, 1.82) is 0 Å².